The van der Waals surface area contributed by atoms with Crippen LogP contribution in [0.15, 0.2) is 95.2 Å². The second-order valence-electron chi connectivity index (χ2n) is 16.5. The molecular formula is C52H59N5O11. The first kappa shape index (κ1) is 47.8. The fourth-order valence-corrected chi connectivity index (χ4v) is 8.25. The van der Waals surface area contributed by atoms with Gasteiger partial charge in [0.05, 0.1) is 108 Å². The number of unbranched alkanes of at least 4 members (excludes halogenated alkanes) is 2. The fraction of sp³-hybridized carbons (Fsp3) is 0.385. The molecule has 0 saturated heterocycles. The second-order valence-corrected chi connectivity index (χ2v) is 16.5. The lowest BCUT2D eigenvalue weighted by atomic mass is 10.0. The number of anilines is 1. The van der Waals surface area contributed by atoms with E-state index in [2.05, 4.69) is 0 Å². The molecule has 0 aromatic heterocycles. The molecule has 2 amide bonds. The van der Waals surface area contributed by atoms with Crippen LogP contribution >= 0.6 is 0 Å². The summed E-state index contributed by atoms with van der Waals surface area (Å²) >= 11 is 0. The van der Waals surface area contributed by atoms with E-state index in [1.165, 1.54) is 0 Å². The van der Waals surface area contributed by atoms with Crippen molar-refractivity contribution >= 4 is 52.5 Å². The molecule has 4 heterocycles. The van der Waals surface area contributed by atoms with Gasteiger partial charge in [-0.3, -0.25) is 19.6 Å². The molecular weight excluding hydrogens is 871 g/mol. The molecule has 0 saturated carbocycles. The molecule has 4 aliphatic rings. The third-order valence-corrected chi connectivity index (χ3v) is 11.9. The zero-order chi connectivity index (χ0) is 47.2. The van der Waals surface area contributed by atoms with Crippen molar-refractivity contribution in [2.45, 2.75) is 44.2 Å². The number of nitrogen functional groups attached to an aromatic ring is 1. The molecule has 16 nitrogen and oxygen atoms in total. The predicted octanol–water partition coefficient (Wildman–Crippen LogP) is 7.93. The molecule has 358 valence electrons. The van der Waals surface area contributed by atoms with Gasteiger partial charge < -0.3 is 58.2 Å². The second kappa shape index (κ2) is 23.3. The highest BCUT2D eigenvalue weighted by Gasteiger charge is 2.35. The number of hydrogen-bond donors (Lipinski definition) is 1. The Labute approximate surface area is 396 Å². The average Bonchev–Trinajstić information content (AvgIpc) is 3.94. The summed E-state index contributed by atoms with van der Waals surface area (Å²) < 4.78 is 51.0. The Morgan fingerprint density at radius 3 is 1.46 bits per heavy atom. The normalized spacial score (nSPS) is 16.9. The van der Waals surface area contributed by atoms with E-state index in [4.69, 9.17) is 58.4 Å². The van der Waals surface area contributed by atoms with Crippen LogP contribution in [0.1, 0.15) is 63.9 Å². The summed E-state index contributed by atoms with van der Waals surface area (Å²) in [6.07, 6.45) is 11.1. The average molecular weight is 930 g/mol. The van der Waals surface area contributed by atoms with E-state index >= 15 is 0 Å². The van der Waals surface area contributed by atoms with Gasteiger partial charge >= 0.3 is 0 Å². The van der Waals surface area contributed by atoms with Crippen molar-refractivity contribution in [1.82, 2.24) is 9.80 Å². The van der Waals surface area contributed by atoms with Crippen LogP contribution in [-0.2, 0) is 18.9 Å². The van der Waals surface area contributed by atoms with Gasteiger partial charge in [-0.1, -0.05) is 24.3 Å². The van der Waals surface area contributed by atoms with Crippen LogP contribution in [0.25, 0.3) is 11.1 Å². The van der Waals surface area contributed by atoms with E-state index in [1.807, 2.05) is 73.4 Å². The third-order valence-electron chi connectivity index (χ3n) is 11.9. The van der Waals surface area contributed by atoms with Crippen molar-refractivity contribution in [3.8, 4) is 28.7 Å². The molecule has 0 spiro atoms. The van der Waals surface area contributed by atoms with Crippen LogP contribution in [0, 0.1) is 0 Å². The Morgan fingerprint density at radius 2 is 0.985 bits per heavy atom. The molecule has 4 aliphatic heterocycles. The third kappa shape index (κ3) is 11.7. The highest BCUT2D eigenvalue weighted by Crippen LogP contribution is 2.42. The Kier molecular flexibility index (Phi) is 16.4. The number of aliphatic imine (C=N–C) groups is 2. The van der Waals surface area contributed by atoms with E-state index in [9.17, 15) is 9.59 Å². The van der Waals surface area contributed by atoms with Gasteiger partial charge in [0.25, 0.3) is 11.8 Å². The number of nitrogens with two attached hydrogens (primary N) is 1. The molecule has 16 heteroatoms. The van der Waals surface area contributed by atoms with Crippen LogP contribution in [0.4, 0.5) is 17.1 Å². The smallest absolute Gasteiger partial charge is 0.260 e. The number of nitrogens with zero attached hydrogens (tertiary/aromatic N) is 4. The molecule has 0 aliphatic carbocycles. The molecule has 0 radical (unpaired) electrons. The summed E-state index contributed by atoms with van der Waals surface area (Å²) in [5.41, 5.74) is 12.6. The first-order chi connectivity index (χ1) is 33.3. The number of carbonyl (C=O) groups excluding carboxylic acids is 2. The van der Waals surface area contributed by atoms with Gasteiger partial charge in [-0.2, -0.15) is 0 Å². The molecule has 0 fully saturated rings. The van der Waals surface area contributed by atoms with E-state index in [0.717, 1.165) is 47.3 Å². The van der Waals surface area contributed by atoms with Crippen molar-refractivity contribution in [3.05, 3.63) is 107 Å². The van der Waals surface area contributed by atoms with Crippen molar-refractivity contribution in [3.63, 3.8) is 0 Å². The number of carbonyl (C=O) groups is 2. The van der Waals surface area contributed by atoms with E-state index in [0.29, 0.717) is 130 Å². The minimum atomic E-state index is -0.228. The first-order valence-corrected chi connectivity index (χ1v) is 23.0. The largest absolute Gasteiger partial charge is 0.493 e. The maximum Gasteiger partial charge on any atom is 0.260 e. The lowest BCUT2D eigenvalue weighted by Gasteiger charge is -2.19. The van der Waals surface area contributed by atoms with Crippen molar-refractivity contribution in [2.75, 3.05) is 93.1 Å². The molecule has 4 aromatic carbocycles. The lowest BCUT2D eigenvalue weighted by Crippen LogP contribution is -2.32. The van der Waals surface area contributed by atoms with E-state index in [-0.39, 0.29) is 23.9 Å². The Balaban J connectivity index is 0.772. The summed E-state index contributed by atoms with van der Waals surface area (Å²) in [4.78, 5) is 40.6. The summed E-state index contributed by atoms with van der Waals surface area (Å²) in [6, 6.07) is 22.0. The van der Waals surface area contributed by atoms with E-state index in [1.54, 1.807) is 55.4 Å². The van der Waals surface area contributed by atoms with Crippen LogP contribution in [0.5, 0.6) is 28.7 Å². The highest BCUT2D eigenvalue weighted by molar-refractivity contribution is 6.06. The van der Waals surface area contributed by atoms with Crippen LogP contribution in [-0.4, -0.2) is 134 Å². The maximum absolute atomic E-state index is 13.9. The van der Waals surface area contributed by atoms with Crippen LogP contribution < -0.4 is 29.4 Å². The molecule has 2 N–H and O–H groups in total. The van der Waals surface area contributed by atoms with Gasteiger partial charge in [-0.05, 0) is 77.9 Å². The molecule has 2 atom stereocenters. The van der Waals surface area contributed by atoms with Crippen molar-refractivity contribution < 1.29 is 52.2 Å². The van der Waals surface area contributed by atoms with Gasteiger partial charge in [-0.25, -0.2) is 0 Å². The van der Waals surface area contributed by atoms with Gasteiger partial charge in [0.2, 0.25) is 0 Å². The monoisotopic (exact) mass is 929 g/mol. The highest BCUT2D eigenvalue weighted by atomic mass is 16.6. The number of methoxy groups -OCH3 is 3. The topological polar surface area (TPSA) is 174 Å². The summed E-state index contributed by atoms with van der Waals surface area (Å²) in [5, 5.41) is 0. The SMILES string of the molecule is COCCOCCOCCOCCOc1ccc(C2=CN3C(=O)c4cc(OC)c(OCCCCCOc5cc6c(cc5OC)C(=O)N5C=C(c7ccc(N)cc7)C[C@@H]5C=N6)cc4N=C[C@H]3C2)cc1. The summed E-state index contributed by atoms with van der Waals surface area (Å²) in [6.45, 7) is 4.85. The van der Waals surface area contributed by atoms with Gasteiger partial charge in [0.1, 0.15) is 12.4 Å². The Bertz CT molecular complexity index is 2510. The number of amides is 2. The molecule has 8 rings (SSSR count). The lowest BCUT2D eigenvalue weighted by molar-refractivity contribution is 0.000164. The van der Waals surface area contributed by atoms with Crippen LogP contribution in [0.2, 0.25) is 0 Å². The molecule has 0 bridgehead atoms. The Hall–Kier alpha value is -6.72. The molecule has 4 aromatic rings. The summed E-state index contributed by atoms with van der Waals surface area (Å²) in [7, 11) is 4.76. The van der Waals surface area contributed by atoms with Crippen molar-refractivity contribution in [2.24, 2.45) is 9.98 Å². The number of benzene rings is 4. The van der Waals surface area contributed by atoms with Gasteiger partial charge in [0, 0.05) is 62.6 Å². The standard InChI is InChI=1S/C52H59N5O11/c1-60-17-18-63-19-20-64-21-22-65-23-24-66-42-13-9-36(10-14-42)38-26-41-32-55-46-30-50(48(62-3)28-44(46)52(59)57(41)34-38)68-16-6-4-5-15-67-49-29-45-43(27-47(49)61-2)51(58)56-33-37(25-40(56)31-54-45)35-7-11-39(53)12-8-35/h7-14,27-34,40-41H,4-6,15-26,53H2,1-3H3/t40-,41-/m1/s1. The fourth-order valence-electron chi connectivity index (χ4n) is 8.25. The zero-order valence-corrected chi connectivity index (χ0v) is 38.9. The maximum atomic E-state index is 13.9. The number of ether oxygens (including phenoxy) is 9. The predicted molar refractivity (Wildman–Crippen MR) is 259 cm³/mol. The number of hydrogen-bond acceptors (Lipinski definition) is 14. The Morgan fingerprint density at radius 1 is 0.529 bits per heavy atom. The van der Waals surface area contributed by atoms with Gasteiger partial charge in [0.15, 0.2) is 23.0 Å². The molecule has 0 unspecified atom stereocenters. The first-order valence-electron chi connectivity index (χ1n) is 23.0. The van der Waals surface area contributed by atoms with Crippen LogP contribution in [0.3, 0.4) is 0 Å². The number of fused-ring (bicyclic) bond motifs is 4. The quantitative estimate of drug-likeness (QED) is 0.0503. The zero-order valence-electron chi connectivity index (χ0n) is 38.9. The minimum Gasteiger partial charge on any atom is -0.493 e. The minimum absolute atomic E-state index is 0.145. The molecule has 68 heavy (non-hydrogen) atoms. The van der Waals surface area contributed by atoms with Gasteiger partial charge in [-0.15, -0.1) is 0 Å². The summed E-state index contributed by atoms with van der Waals surface area (Å²) in [5.74, 6) is 2.40. The number of rotatable bonds is 25. The van der Waals surface area contributed by atoms with E-state index < -0.39 is 0 Å². The van der Waals surface area contributed by atoms with Crippen molar-refractivity contribution in [1.29, 1.82) is 0 Å².